The Morgan fingerprint density at radius 3 is 0.958 bits per heavy atom. The van der Waals surface area contributed by atoms with Crippen molar-refractivity contribution in [3.05, 3.63) is 188 Å². The van der Waals surface area contributed by atoms with Crippen molar-refractivity contribution < 1.29 is 0 Å². The molecule has 0 amide bonds. The number of hydrogen-bond donors (Lipinski definition) is 0. The highest BCUT2D eigenvalue weighted by Crippen LogP contribution is 2.40. The minimum absolute atomic E-state index is 0.638. The molecule has 0 N–H and O–H groups in total. The summed E-state index contributed by atoms with van der Waals surface area (Å²) in [6, 6.07) is 65.3. The summed E-state index contributed by atoms with van der Waals surface area (Å²) >= 11 is 0. The molecule has 0 radical (unpaired) electrons. The lowest BCUT2D eigenvalue weighted by molar-refractivity contribution is 1.07. The SMILES string of the molecule is c1ccc(-c2ccc(-c3nc(-c4ccccc4)nc(-c4ccc(-c5cccc(-c6ccccc6)c5-c5ccccc5)cc4)n3)cc2)cc1. The van der Waals surface area contributed by atoms with Crippen molar-refractivity contribution in [2.24, 2.45) is 0 Å². The molecule has 0 aliphatic heterocycles. The average molecular weight is 614 g/mol. The van der Waals surface area contributed by atoms with Crippen molar-refractivity contribution in [2.45, 2.75) is 0 Å². The zero-order valence-corrected chi connectivity index (χ0v) is 26.2. The van der Waals surface area contributed by atoms with Crippen LogP contribution in [0.25, 0.3) is 78.7 Å². The predicted octanol–water partition coefficient (Wildman–Crippen LogP) is 11.5. The van der Waals surface area contributed by atoms with Crippen molar-refractivity contribution in [1.29, 1.82) is 0 Å². The van der Waals surface area contributed by atoms with Gasteiger partial charge in [0.15, 0.2) is 17.5 Å². The van der Waals surface area contributed by atoms with Gasteiger partial charge in [-0.3, -0.25) is 0 Å². The number of nitrogens with zero attached hydrogens (tertiary/aromatic N) is 3. The Morgan fingerprint density at radius 2 is 0.500 bits per heavy atom. The van der Waals surface area contributed by atoms with Crippen molar-refractivity contribution in [3.63, 3.8) is 0 Å². The van der Waals surface area contributed by atoms with E-state index in [1.807, 2.05) is 36.4 Å². The molecule has 0 fully saturated rings. The van der Waals surface area contributed by atoms with E-state index in [0.717, 1.165) is 27.8 Å². The first-order valence-corrected chi connectivity index (χ1v) is 16.1. The second-order valence-electron chi connectivity index (χ2n) is 11.7. The molecule has 7 aromatic carbocycles. The Hall–Kier alpha value is -6.45. The third-order valence-electron chi connectivity index (χ3n) is 8.58. The van der Waals surface area contributed by atoms with Crippen LogP contribution in [0, 0.1) is 0 Å². The molecule has 0 saturated heterocycles. The van der Waals surface area contributed by atoms with Gasteiger partial charge in [-0.2, -0.15) is 0 Å². The van der Waals surface area contributed by atoms with Gasteiger partial charge in [-0.1, -0.05) is 188 Å². The van der Waals surface area contributed by atoms with Crippen LogP contribution in [0.1, 0.15) is 0 Å². The maximum absolute atomic E-state index is 5.00. The molecule has 226 valence electrons. The molecular weight excluding hydrogens is 583 g/mol. The molecule has 1 heterocycles. The number of aromatic nitrogens is 3. The van der Waals surface area contributed by atoms with Crippen LogP contribution < -0.4 is 0 Å². The molecule has 3 nitrogen and oxygen atoms in total. The van der Waals surface area contributed by atoms with Crippen molar-refractivity contribution >= 4 is 0 Å². The molecular formula is C45H31N3. The third-order valence-corrected chi connectivity index (χ3v) is 8.58. The van der Waals surface area contributed by atoms with Crippen molar-refractivity contribution in [1.82, 2.24) is 15.0 Å². The summed E-state index contributed by atoms with van der Waals surface area (Å²) in [5.41, 5.74) is 12.2. The molecule has 8 aromatic rings. The van der Waals surface area contributed by atoms with E-state index < -0.39 is 0 Å². The minimum atomic E-state index is 0.638. The summed E-state index contributed by atoms with van der Waals surface area (Å²) in [7, 11) is 0. The summed E-state index contributed by atoms with van der Waals surface area (Å²) in [6.45, 7) is 0. The average Bonchev–Trinajstić information content (AvgIpc) is 3.19. The second-order valence-corrected chi connectivity index (χ2v) is 11.7. The standard InChI is InChI=1S/C45H31N3/c1-5-14-32(15-6-1)33-24-28-38(29-25-33)44-46-43(37-20-11-4-12-21-37)47-45(48-44)39-30-26-35(27-31-39)41-23-13-22-40(34-16-7-2-8-17-34)42(41)36-18-9-3-10-19-36/h1-31H. The first-order chi connectivity index (χ1) is 23.8. The highest BCUT2D eigenvalue weighted by atomic mass is 15.0. The lowest BCUT2D eigenvalue weighted by atomic mass is 9.87. The Bertz CT molecular complexity index is 2280. The Balaban J connectivity index is 1.21. The number of hydrogen-bond acceptors (Lipinski definition) is 3. The minimum Gasteiger partial charge on any atom is -0.208 e. The second kappa shape index (κ2) is 13.1. The molecule has 0 saturated carbocycles. The van der Waals surface area contributed by atoms with E-state index in [2.05, 4.69) is 152 Å². The van der Waals surface area contributed by atoms with Crippen LogP contribution in [0.15, 0.2) is 188 Å². The smallest absolute Gasteiger partial charge is 0.164 e. The maximum Gasteiger partial charge on any atom is 0.164 e. The maximum atomic E-state index is 5.00. The monoisotopic (exact) mass is 613 g/mol. The van der Waals surface area contributed by atoms with E-state index in [4.69, 9.17) is 15.0 Å². The van der Waals surface area contributed by atoms with Gasteiger partial charge in [0.25, 0.3) is 0 Å². The first kappa shape index (κ1) is 29.0. The predicted molar refractivity (Wildman–Crippen MR) is 198 cm³/mol. The van der Waals surface area contributed by atoms with Crippen LogP contribution in [-0.2, 0) is 0 Å². The molecule has 0 aliphatic carbocycles. The summed E-state index contributed by atoms with van der Waals surface area (Å²) in [5, 5.41) is 0. The van der Waals surface area contributed by atoms with Crippen molar-refractivity contribution in [2.75, 3.05) is 0 Å². The van der Waals surface area contributed by atoms with Crippen LogP contribution in [-0.4, -0.2) is 15.0 Å². The molecule has 0 bridgehead atoms. The number of rotatable bonds is 7. The van der Waals surface area contributed by atoms with Gasteiger partial charge < -0.3 is 0 Å². The molecule has 0 unspecified atom stereocenters. The number of benzene rings is 7. The Morgan fingerprint density at radius 1 is 0.208 bits per heavy atom. The fourth-order valence-corrected chi connectivity index (χ4v) is 6.16. The summed E-state index contributed by atoms with van der Waals surface area (Å²) < 4.78 is 0. The topological polar surface area (TPSA) is 38.7 Å². The summed E-state index contributed by atoms with van der Waals surface area (Å²) in [4.78, 5) is 14.9. The highest BCUT2D eigenvalue weighted by Gasteiger charge is 2.16. The van der Waals surface area contributed by atoms with Crippen LogP contribution in [0.4, 0.5) is 0 Å². The summed E-state index contributed by atoms with van der Waals surface area (Å²) in [6.07, 6.45) is 0. The molecule has 1 aromatic heterocycles. The zero-order chi connectivity index (χ0) is 32.1. The van der Waals surface area contributed by atoms with Gasteiger partial charge in [0, 0.05) is 16.7 Å². The van der Waals surface area contributed by atoms with Gasteiger partial charge in [0.1, 0.15) is 0 Å². The van der Waals surface area contributed by atoms with E-state index in [9.17, 15) is 0 Å². The van der Waals surface area contributed by atoms with E-state index >= 15 is 0 Å². The Labute approximate surface area is 280 Å². The lowest BCUT2D eigenvalue weighted by Gasteiger charge is -2.16. The van der Waals surface area contributed by atoms with Gasteiger partial charge in [0.05, 0.1) is 0 Å². The van der Waals surface area contributed by atoms with Gasteiger partial charge in [0.2, 0.25) is 0 Å². The van der Waals surface area contributed by atoms with Crippen LogP contribution in [0.5, 0.6) is 0 Å². The van der Waals surface area contributed by atoms with Gasteiger partial charge in [-0.05, 0) is 44.5 Å². The van der Waals surface area contributed by atoms with Crippen LogP contribution in [0.3, 0.4) is 0 Å². The summed E-state index contributed by atoms with van der Waals surface area (Å²) in [5.74, 6) is 1.93. The van der Waals surface area contributed by atoms with Gasteiger partial charge >= 0.3 is 0 Å². The first-order valence-electron chi connectivity index (χ1n) is 16.1. The van der Waals surface area contributed by atoms with Crippen LogP contribution in [0.2, 0.25) is 0 Å². The van der Waals surface area contributed by atoms with Gasteiger partial charge in [-0.15, -0.1) is 0 Å². The highest BCUT2D eigenvalue weighted by molar-refractivity contribution is 5.94. The van der Waals surface area contributed by atoms with E-state index in [1.165, 1.54) is 33.4 Å². The molecule has 3 heteroatoms. The lowest BCUT2D eigenvalue weighted by Crippen LogP contribution is -2.00. The fraction of sp³-hybridized carbons (Fsp3) is 0. The normalized spacial score (nSPS) is 10.9. The molecule has 48 heavy (non-hydrogen) atoms. The molecule has 0 spiro atoms. The van der Waals surface area contributed by atoms with E-state index in [1.54, 1.807) is 0 Å². The Kier molecular flexibility index (Phi) is 7.92. The zero-order valence-electron chi connectivity index (χ0n) is 26.2. The molecule has 0 atom stereocenters. The van der Waals surface area contributed by atoms with Crippen molar-refractivity contribution in [3.8, 4) is 78.7 Å². The third kappa shape index (κ3) is 5.93. The fourth-order valence-electron chi connectivity index (χ4n) is 6.16. The molecule has 0 aliphatic rings. The van der Waals surface area contributed by atoms with Gasteiger partial charge in [-0.25, -0.2) is 15.0 Å². The quantitative estimate of drug-likeness (QED) is 0.179. The van der Waals surface area contributed by atoms with Crippen LogP contribution >= 0.6 is 0 Å². The van der Waals surface area contributed by atoms with E-state index in [-0.39, 0.29) is 0 Å². The van der Waals surface area contributed by atoms with E-state index in [0.29, 0.717) is 17.5 Å². The molecule has 8 rings (SSSR count). The largest absolute Gasteiger partial charge is 0.208 e.